The molecule has 1 fully saturated rings. The topological polar surface area (TPSA) is 63.3 Å². The Kier molecular flexibility index (Phi) is 4.93. The van der Waals surface area contributed by atoms with Crippen LogP contribution in [0.15, 0.2) is 24.3 Å². The Hall–Kier alpha value is -1.92. The lowest BCUT2D eigenvalue weighted by Crippen LogP contribution is -2.38. The second-order valence-electron chi connectivity index (χ2n) is 6.15. The predicted molar refractivity (Wildman–Crippen MR) is 87.3 cm³/mol. The number of para-hydroxylation sites is 1. The van der Waals surface area contributed by atoms with Gasteiger partial charge in [-0.1, -0.05) is 18.2 Å². The quantitative estimate of drug-likeness (QED) is 0.918. The summed E-state index contributed by atoms with van der Waals surface area (Å²) in [5, 5.41) is 7.11. The summed E-state index contributed by atoms with van der Waals surface area (Å²) >= 11 is 0. The van der Waals surface area contributed by atoms with Crippen LogP contribution in [0.5, 0.6) is 5.75 Å². The van der Waals surface area contributed by atoms with Gasteiger partial charge >= 0.3 is 0 Å². The lowest BCUT2D eigenvalue weighted by atomic mass is 10.1. The largest absolute Gasteiger partial charge is 0.491 e. The van der Waals surface area contributed by atoms with E-state index in [9.17, 15) is 0 Å². The number of aromatic nitrogens is 3. The molecule has 2 heterocycles. The molecule has 1 aliphatic heterocycles. The van der Waals surface area contributed by atoms with E-state index in [1.165, 1.54) is 5.56 Å². The first-order valence-electron chi connectivity index (χ1n) is 8.09. The average Bonchev–Trinajstić information content (AvgIpc) is 2.96. The Morgan fingerprint density at radius 1 is 1.39 bits per heavy atom. The monoisotopic (exact) mass is 316 g/mol. The molecule has 3 rings (SSSR count). The van der Waals surface area contributed by atoms with Crippen LogP contribution in [0.1, 0.15) is 37.2 Å². The van der Waals surface area contributed by atoms with Crippen LogP contribution in [0.25, 0.3) is 0 Å². The van der Waals surface area contributed by atoms with Crippen LogP contribution in [0.2, 0.25) is 0 Å². The van der Waals surface area contributed by atoms with Crippen molar-refractivity contribution in [2.24, 2.45) is 0 Å². The number of hydrogen-bond donors (Lipinski definition) is 1. The Bertz CT molecular complexity index is 641. The van der Waals surface area contributed by atoms with Gasteiger partial charge in [0.15, 0.2) is 5.82 Å². The van der Waals surface area contributed by atoms with E-state index < -0.39 is 0 Å². The molecule has 6 nitrogen and oxygen atoms in total. The average molecular weight is 316 g/mol. The third-order valence-electron chi connectivity index (χ3n) is 3.78. The van der Waals surface area contributed by atoms with Gasteiger partial charge in [0.25, 0.3) is 0 Å². The molecule has 6 heteroatoms. The molecule has 0 aliphatic carbocycles. The molecule has 0 amide bonds. The van der Waals surface area contributed by atoms with Crippen molar-refractivity contribution in [3.63, 3.8) is 0 Å². The maximum Gasteiger partial charge on any atom is 0.180 e. The third kappa shape index (κ3) is 4.09. The summed E-state index contributed by atoms with van der Waals surface area (Å²) in [5.41, 5.74) is 1.20. The number of ether oxygens (including phenoxy) is 2. The van der Waals surface area contributed by atoms with Crippen LogP contribution < -0.4 is 4.74 Å². The number of nitrogens with one attached hydrogen (secondary N) is 1. The number of aromatic amines is 1. The molecule has 1 atom stereocenters. The van der Waals surface area contributed by atoms with E-state index in [0.29, 0.717) is 6.61 Å². The highest BCUT2D eigenvalue weighted by molar-refractivity contribution is 5.33. The molecule has 0 saturated carbocycles. The van der Waals surface area contributed by atoms with E-state index in [1.807, 2.05) is 32.9 Å². The third-order valence-corrected chi connectivity index (χ3v) is 3.78. The zero-order valence-electron chi connectivity index (χ0n) is 14.0. The Morgan fingerprint density at radius 2 is 2.22 bits per heavy atom. The van der Waals surface area contributed by atoms with Crippen LogP contribution >= 0.6 is 0 Å². The van der Waals surface area contributed by atoms with E-state index in [1.54, 1.807) is 0 Å². The van der Waals surface area contributed by atoms with E-state index in [2.05, 4.69) is 32.2 Å². The molecule has 0 unspecified atom stereocenters. The zero-order valence-corrected chi connectivity index (χ0v) is 14.0. The van der Waals surface area contributed by atoms with Crippen LogP contribution in [0, 0.1) is 6.92 Å². The maximum atomic E-state index is 5.91. The number of morpholine rings is 1. The molecule has 0 spiro atoms. The van der Waals surface area contributed by atoms with Crippen molar-refractivity contribution in [2.75, 3.05) is 19.7 Å². The van der Waals surface area contributed by atoms with Crippen LogP contribution in [0.3, 0.4) is 0 Å². The molecule has 1 aromatic carbocycles. The van der Waals surface area contributed by atoms with Crippen molar-refractivity contribution < 1.29 is 9.47 Å². The molecule has 1 aliphatic rings. The first-order valence-corrected chi connectivity index (χ1v) is 8.09. The Labute approximate surface area is 136 Å². The molecular weight excluding hydrogens is 292 g/mol. The van der Waals surface area contributed by atoms with Crippen LogP contribution in [-0.2, 0) is 11.3 Å². The summed E-state index contributed by atoms with van der Waals surface area (Å²) in [5.74, 6) is 2.51. The molecule has 1 N–H and O–H groups in total. The van der Waals surface area contributed by atoms with Crippen molar-refractivity contribution in [3.8, 4) is 5.75 Å². The van der Waals surface area contributed by atoms with Crippen molar-refractivity contribution >= 4 is 0 Å². The molecular formula is C17H24N4O2. The fraction of sp³-hybridized carbons (Fsp3) is 0.529. The minimum Gasteiger partial charge on any atom is -0.491 e. The minimum absolute atomic E-state index is 0.0770. The molecule has 1 saturated heterocycles. The van der Waals surface area contributed by atoms with Gasteiger partial charge in [-0.3, -0.25) is 10.00 Å². The summed E-state index contributed by atoms with van der Waals surface area (Å²) < 4.78 is 11.7. The smallest absolute Gasteiger partial charge is 0.180 e. The summed E-state index contributed by atoms with van der Waals surface area (Å²) in [7, 11) is 0. The van der Waals surface area contributed by atoms with Crippen molar-refractivity contribution in [1.82, 2.24) is 20.1 Å². The van der Waals surface area contributed by atoms with E-state index >= 15 is 0 Å². The van der Waals surface area contributed by atoms with Gasteiger partial charge in [-0.2, -0.15) is 5.10 Å². The Morgan fingerprint density at radius 3 is 2.96 bits per heavy atom. The van der Waals surface area contributed by atoms with Gasteiger partial charge in [0.05, 0.1) is 12.7 Å². The van der Waals surface area contributed by atoms with Gasteiger partial charge in [0.2, 0.25) is 0 Å². The number of benzene rings is 1. The van der Waals surface area contributed by atoms with Gasteiger partial charge in [0, 0.05) is 25.2 Å². The molecule has 1 aromatic heterocycles. The summed E-state index contributed by atoms with van der Waals surface area (Å²) in [4.78, 5) is 6.75. The molecule has 0 bridgehead atoms. The van der Waals surface area contributed by atoms with Gasteiger partial charge in [0.1, 0.15) is 17.7 Å². The SMILES string of the molecule is Cc1nc([C@H]2CN(Cc3ccccc3OC(C)C)CCO2)n[nH]1. The van der Waals surface area contributed by atoms with Gasteiger partial charge in [-0.05, 0) is 26.8 Å². The lowest BCUT2D eigenvalue weighted by Gasteiger charge is -2.32. The van der Waals surface area contributed by atoms with Crippen LogP contribution in [-0.4, -0.2) is 45.9 Å². The molecule has 23 heavy (non-hydrogen) atoms. The number of aryl methyl sites for hydroxylation is 1. The summed E-state index contributed by atoms with van der Waals surface area (Å²) in [6, 6.07) is 8.23. The van der Waals surface area contributed by atoms with E-state index in [-0.39, 0.29) is 12.2 Å². The fourth-order valence-electron chi connectivity index (χ4n) is 2.75. The second-order valence-corrected chi connectivity index (χ2v) is 6.15. The maximum absolute atomic E-state index is 5.91. The lowest BCUT2D eigenvalue weighted by molar-refractivity contribution is -0.0373. The summed E-state index contributed by atoms with van der Waals surface area (Å²) in [6.45, 7) is 9.21. The number of H-pyrrole nitrogens is 1. The summed E-state index contributed by atoms with van der Waals surface area (Å²) in [6.07, 6.45) is 0.0942. The van der Waals surface area contributed by atoms with Gasteiger partial charge in [-0.25, -0.2) is 4.98 Å². The standard InChI is InChI=1S/C17H24N4O2/c1-12(2)23-15-7-5-4-6-14(15)10-21-8-9-22-16(11-21)17-18-13(3)19-20-17/h4-7,12,16H,8-11H2,1-3H3,(H,18,19,20)/t16-/m1/s1. The van der Waals surface area contributed by atoms with Crippen LogP contribution in [0.4, 0.5) is 0 Å². The zero-order chi connectivity index (χ0) is 16.2. The van der Waals surface area contributed by atoms with E-state index in [4.69, 9.17) is 9.47 Å². The van der Waals surface area contributed by atoms with Crippen molar-refractivity contribution in [3.05, 3.63) is 41.5 Å². The highest BCUT2D eigenvalue weighted by Crippen LogP contribution is 2.25. The molecule has 0 radical (unpaired) electrons. The van der Waals surface area contributed by atoms with Crippen molar-refractivity contribution in [2.45, 2.75) is 39.5 Å². The van der Waals surface area contributed by atoms with E-state index in [0.717, 1.165) is 37.0 Å². The first kappa shape index (κ1) is 16.0. The highest BCUT2D eigenvalue weighted by atomic mass is 16.5. The minimum atomic E-state index is -0.0770. The molecule has 2 aromatic rings. The van der Waals surface area contributed by atoms with Crippen molar-refractivity contribution in [1.29, 1.82) is 0 Å². The number of hydrogen-bond acceptors (Lipinski definition) is 5. The Balaban J connectivity index is 1.68. The van der Waals surface area contributed by atoms with Gasteiger partial charge < -0.3 is 9.47 Å². The fourth-order valence-corrected chi connectivity index (χ4v) is 2.75. The van der Waals surface area contributed by atoms with Gasteiger partial charge in [-0.15, -0.1) is 0 Å². The normalized spacial score (nSPS) is 19.2. The second kappa shape index (κ2) is 7.10. The number of rotatable bonds is 5. The molecule has 124 valence electrons. The highest BCUT2D eigenvalue weighted by Gasteiger charge is 2.25. The predicted octanol–water partition coefficient (Wildman–Crippen LogP) is 2.47. The first-order chi connectivity index (χ1) is 11.1. The number of nitrogens with zero attached hydrogens (tertiary/aromatic N) is 3.